The normalized spacial score (nSPS) is 17.1. The zero-order valence-electron chi connectivity index (χ0n) is 20.2. The minimum Gasteiger partial charge on any atom is -0.495 e. The maximum absolute atomic E-state index is 13.0. The summed E-state index contributed by atoms with van der Waals surface area (Å²) >= 11 is 0. The van der Waals surface area contributed by atoms with Gasteiger partial charge >= 0.3 is 6.09 Å². The van der Waals surface area contributed by atoms with Crippen LogP contribution in [0.3, 0.4) is 0 Å². The molecule has 0 saturated carbocycles. The summed E-state index contributed by atoms with van der Waals surface area (Å²) < 4.78 is 21.7. The van der Waals surface area contributed by atoms with Crippen LogP contribution in [0, 0.1) is 5.92 Å². The molecule has 1 saturated heterocycles. The number of benzene rings is 2. The largest absolute Gasteiger partial charge is 0.495 e. The highest BCUT2D eigenvalue weighted by molar-refractivity contribution is 6.04. The summed E-state index contributed by atoms with van der Waals surface area (Å²) in [5.74, 6) is 0.638. The molecule has 10 nitrogen and oxygen atoms in total. The molecule has 0 radical (unpaired) electrons. The van der Waals surface area contributed by atoms with Crippen molar-refractivity contribution in [1.82, 2.24) is 0 Å². The highest BCUT2D eigenvalue weighted by Crippen LogP contribution is 2.36. The molecule has 0 aliphatic carbocycles. The highest BCUT2D eigenvalue weighted by Gasteiger charge is 2.35. The molecule has 0 aromatic heterocycles. The fourth-order valence-corrected chi connectivity index (χ4v) is 3.87. The Kier molecular flexibility index (Phi) is 6.72. The first kappa shape index (κ1) is 24.2. The Hall–Kier alpha value is -3.95. The third-order valence-corrected chi connectivity index (χ3v) is 5.44. The predicted molar refractivity (Wildman–Crippen MR) is 129 cm³/mol. The number of fused-ring (bicyclic) bond motifs is 1. The van der Waals surface area contributed by atoms with Crippen molar-refractivity contribution < 1.29 is 33.3 Å². The van der Waals surface area contributed by atoms with E-state index in [1.165, 1.54) is 7.11 Å². The summed E-state index contributed by atoms with van der Waals surface area (Å²) in [5.41, 5.74) is 0.788. The Labute approximate surface area is 203 Å². The number of hydrogen-bond acceptors (Lipinski definition) is 7. The summed E-state index contributed by atoms with van der Waals surface area (Å²) in [4.78, 5) is 39.4. The molecule has 186 valence electrons. The molecule has 35 heavy (non-hydrogen) atoms. The number of carbonyl (C=O) groups excluding carboxylic acids is 3. The monoisotopic (exact) mass is 483 g/mol. The van der Waals surface area contributed by atoms with Crippen LogP contribution in [-0.4, -0.2) is 50.4 Å². The number of hydrogen-bond donors (Lipinski definition) is 2. The lowest BCUT2D eigenvalue weighted by Crippen LogP contribution is -2.28. The average Bonchev–Trinajstić information content (AvgIpc) is 3.19. The van der Waals surface area contributed by atoms with E-state index in [0.29, 0.717) is 47.5 Å². The SMILES string of the molecule is COc1ccc(NC(=O)C2CC(=O)N(c3ccc4c(c3)OCCO4)C2)cc1NC(=O)OC(C)(C)C. The Morgan fingerprint density at radius 2 is 1.77 bits per heavy atom. The Morgan fingerprint density at radius 3 is 2.49 bits per heavy atom. The summed E-state index contributed by atoms with van der Waals surface area (Å²) in [6.45, 7) is 6.45. The maximum atomic E-state index is 13.0. The lowest BCUT2D eigenvalue weighted by molar-refractivity contribution is -0.122. The van der Waals surface area contributed by atoms with Gasteiger partial charge in [0.2, 0.25) is 11.8 Å². The van der Waals surface area contributed by atoms with Gasteiger partial charge in [0.25, 0.3) is 0 Å². The van der Waals surface area contributed by atoms with Gasteiger partial charge in [-0.1, -0.05) is 0 Å². The van der Waals surface area contributed by atoms with Crippen molar-refractivity contribution in [2.45, 2.75) is 32.8 Å². The van der Waals surface area contributed by atoms with Crippen molar-refractivity contribution in [3.63, 3.8) is 0 Å². The zero-order valence-corrected chi connectivity index (χ0v) is 20.2. The quantitative estimate of drug-likeness (QED) is 0.665. The molecule has 3 amide bonds. The number of nitrogens with one attached hydrogen (secondary N) is 2. The molecule has 1 atom stereocenters. The molecule has 10 heteroatoms. The summed E-state index contributed by atoms with van der Waals surface area (Å²) in [7, 11) is 1.48. The van der Waals surface area contributed by atoms with Gasteiger partial charge in [-0.3, -0.25) is 14.9 Å². The molecule has 1 fully saturated rings. The van der Waals surface area contributed by atoms with E-state index < -0.39 is 17.6 Å². The minimum absolute atomic E-state index is 0.0828. The molecule has 0 bridgehead atoms. The fraction of sp³-hybridized carbons (Fsp3) is 0.400. The Balaban J connectivity index is 1.43. The van der Waals surface area contributed by atoms with E-state index in [2.05, 4.69) is 10.6 Å². The van der Waals surface area contributed by atoms with Crippen molar-refractivity contribution in [3.05, 3.63) is 36.4 Å². The van der Waals surface area contributed by atoms with Gasteiger partial charge in [0, 0.05) is 30.4 Å². The molecule has 4 rings (SSSR count). The highest BCUT2D eigenvalue weighted by atomic mass is 16.6. The van der Waals surface area contributed by atoms with Crippen LogP contribution in [-0.2, 0) is 14.3 Å². The average molecular weight is 484 g/mol. The zero-order chi connectivity index (χ0) is 25.2. The number of methoxy groups -OCH3 is 1. The lowest BCUT2D eigenvalue weighted by atomic mass is 10.1. The van der Waals surface area contributed by atoms with Crippen LogP contribution in [0.2, 0.25) is 0 Å². The van der Waals surface area contributed by atoms with Crippen molar-refractivity contribution in [1.29, 1.82) is 0 Å². The lowest BCUT2D eigenvalue weighted by Gasteiger charge is -2.22. The third-order valence-electron chi connectivity index (χ3n) is 5.44. The topological polar surface area (TPSA) is 115 Å². The molecular weight excluding hydrogens is 454 g/mol. The van der Waals surface area contributed by atoms with Gasteiger partial charge in [0.1, 0.15) is 24.6 Å². The summed E-state index contributed by atoms with van der Waals surface area (Å²) in [6.07, 6.45) is -0.560. The predicted octanol–water partition coefficient (Wildman–Crippen LogP) is 3.81. The number of ether oxygens (including phenoxy) is 4. The van der Waals surface area contributed by atoms with Crippen molar-refractivity contribution >= 4 is 35.0 Å². The third kappa shape index (κ3) is 5.76. The minimum atomic E-state index is -0.665. The fourth-order valence-electron chi connectivity index (χ4n) is 3.87. The van der Waals surface area contributed by atoms with Crippen LogP contribution in [0.25, 0.3) is 0 Å². The van der Waals surface area contributed by atoms with Gasteiger partial charge in [-0.05, 0) is 51.1 Å². The van der Waals surface area contributed by atoms with E-state index in [-0.39, 0.29) is 24.8 Å². The molecular formula is C25H29N3O7. The first-order chi connectivity index (χ1) is 16.6. The van der Waals surface area contributed by atoms with Gasteiger partial charge in [-0.2, -0.15) is 0 Å². The number of amides is 3. The smallest absolute Gasteiger partial charge is 0.412 e. The van der Waals surface area contributed by atoms with E-state index in [0.717, 1.165) is 0 Å². The second-order valence-corrected chi connectivity index (χ2v) is 9.26. The van der Waals surface area contributed by atoms with E-state index >= 15 is 0 Å². The summed E-state index contributed by atoms with van der Waals surface area (Å²) in [6, 6.07) is 10.2. The first-order valence-electron chi connectivity index (χ1n) is 11.3. The number of carbonyl (C=O) groups is 3. The molecule has 1 unspecified atom stereocenters. The number of rotatable bonds is 5. The maximum Gasteiger partial charge on any atom is 0.412 e. The van der Waals surface area contributed by atoms with Crippen molar-refractivity contribution in [2.24, 2.45) is 5.92 Å². The van der Waals surface area contributed by atoms with Crippen LogP contribution in [0.5, 0.6) is 17.2 Å². The van der Waals surface area contributed by atoms with E-state index in [9.17, 15) is 14.4 Å². The molecule has 2 N–H and O–H groups in total. The molecule has 2 aromatic carbocycles. The Morgan fingerprint density at radius 1 is 1.03 bits per heavy atom. The van der Waals surface area contributed by atoms with Crippen molar-refractivity contribution in [2.75, 3.05) is 42.4 Å². The Bertz CT molecular complexity index is 1140. The second-order valence-electron chi connectivity index (χ2n) is 9.26. The van der Waals surface area contributed by atoms with Crippen LogP contribution >= 0.6 is 0 Å². The van der Waals surface area contributed by atoms with Gasteiger partial charge < -0.3 is 29.2 Å². The number of nitrogens with zero attached hydrogens (tertiary/aromatic N) is 1. The van der Waals surface area contributed by atoms with E-state index in [4.69, 9.17) is 18.9 Å². The van der Waals surface area contributed by atoms with Gasteiger partial charge in [-0.15, -0.1) is 0 Å². The van der Waals surface area contributed by atoms with Gasteiger partial charge in [0.15, 0.2) is 11.5 Å². The molecule has 2 aromatic rings. The van der Waals surface area contributed by atoms with E-state index in [1.807, 2.05) is 0 Å². The van der Waals surface area contributed by atoms with E-state index in [1.54, 1.807) is 62.1 Å². The van der Waals surface area contributed by atoms with Crippen LogP contribution in [0.1, 0.15) is 27.2 Å². The molecule has 2 aliphatic rings. The second kappa shape index (κ2) is 9.73. The molecule has 2 heterocycles. The standard InChI is InChI=1S/C25H29N3O7/c1-25(2,3)35-24(31)27-18-12-16(5-7-19(18)32-4)26-23(30)15-11-22(29)28(14-15)17-6-8-20-21(13-17)34-10-9-33-20/h5-8,12-13,15H,9-11,14H2,1-4H3,(H,26,30)(H,27,31). The van der Waals surface area contributed by atoms with Gasteiger partial charge in [-0.25, -0.2) is 4.79 Å². The van der Waals surface area contributed by atoms with Gasteiger partial charge in [0.05, 0.1) is 18.7 Å². The number of anilines is 3. The first-order valence-corrected chi connectivity index (χ1v) is 11.3. The van der Waals surface area contributed by atoms with Crippen molar-refractivity contribution in [3.8, 4) is 17.2 Å². The van der Waals surface area contributed by atoms with Crippen LogP contribution in [0.15, 0.2) is 36.4 Å². The molecule has 2 aliphatic heterocycles. The molecule has 0 spiro atoms. The van der Waals surface area contributed by atoms with Crippen LogP contribution in [0.4, 0.5) is 21.9 Å². The van der Waals surface area contributed by atoms with Crippen LogP contribution < -0.4 is 29.7 Å². The summed E-state index contributed by atoms with van der Waals surface area (Å²) in [5, 5.41) is 5.47.